The predicted octanol–water partition coefficient (Wildman–Crippen LogP) is 3.58. The Morgan fingerprint density at radius 2 is 1.83 bits per heavy atom. The number of benzene rings is 1. The summed E-state index contributed by atoms with van der Waals surface area (Å²) in [7, 11) is -3.59. The van der Waals surface area contributed by atoms with E-state index in [1.54, 1.807) is 12.1 Å². The van der Waals surface area contributed by atoms with Crippen LogP contribution in [0.15, 0.2) is 42.5 Å². The molecule has 0 radical (unpaired) electrons. The summed E-state index contributed by atoms with van der Waals surface area (Å²) >= 11 is 7.02. The Morgan fingerprint density at radius 3 is 2.39 bits per heavy atom. The van der Waals surface area contributed by atoms with E-state index in [-0.39, 0.29) is 11.8 Å². The van der Waals surface area contributed by atoms with Gasteiger partial charge in [0.2, 0.25) is 5.91 Å². The molecule has 0 unspecified atom stereocenters. The second-order valence-corrected chi connectivity index (χ2v) is 9.42. The standard InChI is InChI=1S/C16H18ClNO3S2/c1-11(13-6-4-3-5-7-13)18-16(19)12(2)23(20,21)10-14-8-9-15(17)22-14/h3-9,11-12H,10H2,1-2H3,(H,18,19)/t11-,12+/m0/s1. The number of nitrogens with one attached hydrogen (secondary N) is 1. The number of sulfone groups is 1. The maximum absolute atomic E-state index is 12.4. The summed E-state index contributed by atoms with van der Waals surface area (Å²) in [6, 6.07) is 12.5. The van der Waals surface area contributed by atoms with Crippen molar-refractivity contribution in [2.75, 3.05) is 0 Å². The molecule has 2 atom stereocenters. The fraction of sp³-hybridized carbons (Fsp3) is 0.312. The summed E-state index contributed by atoms with van der Waals surface area (Å²) in [5.41, 5.74) is 0.926. The molecule has 1 amide bonds. The highest BCUT2D eigenvalue weighted by Crippen LogP contribution is 2.24. The molecule has 0 bridgehead atoms. The van der Waals surface area contributed by atoms with Gasteiger partial charge in [0.25, 0.3) is 0 Å². The normalized spacial score (nSPS) is 14.2. The number of hydrogen-bond acceptors (Lipinski definition) is 4. The van der Waals surface area contributed by atoms with Crippen molar-refractivity contribution in [3.63, 3.8) is 0 Å². The van der Waals surface area contributed by atoms with Crippen molar-refractivity contribution >= 4 is 38.7 Å². The van der Waals surface area contributed by atoms with Gasteiger partial charge in [-0.2, -0.15) is 0 Å². The maximum atomic E-state index is 12.4. The van der Waals surface area contributed by atoms with Crippen LogP contribution in [0, 0.1) is 0 Å². The second-order valence-electron chi connectivity index (χ2n) is 5.30. The topological polar surface area (TPSA) is 63.2 Å². The predicted molar refractivity (Wildman–Crippen MR) is 94.4 cm³/mol. The average molecular weight is 372 g/mol. The van der Waals surface area contributed by atoms with Crippen molar-refractivity contribution in [2.24, 2.45) is 0 Å². The van der Waals surface area contributed by atoms with Crippen LogP contribution in [0.25, 0.3) is 0 Å². The number of carbonyl (C=O) groups is 1. The molecular formula is C16H18ClNO3S2. The minimum absolute atomic E-state index is 0.182. The molecule has 124 valence electrons. The molecule has 1 aromatic carbocycles. The van der Waals surface area contributed by atoms with E-state index in [9.17, 15) is 13.2 Å². The zero-order valence-corrected chi connectivity index (χ0v) is 15.2. The van der Waals surface area contributed by atoms with Crippen LogP contribution >= 0.6 is 22.9 Å². The van der Waals surface area contributed by atoms with E-state index >= 15 is 0 Å². The Morgan fingerprint density at radius 1 is 1.17 bits per heavy atom. The monoisotopic (exact) mass is 371 g/mol. The van der Waals surface area contributed by atoms with Crippen LogP contribution in [0.4, 0.5) is 0 Å². The summed E-state index contributed by atoms with van der Waals surface area (Å²) in [5.74, 6) is -0.678. The molecule has 0 saturated carbocycles. The number of rotatable bonds is 6. The largest absolute Gasteiger partial charge is 0.348 e. The molecule has 7 heteroatoms. The van der Waals surface area contributed by atoms with Crippen molar-refractivity contribution in [3.05, 3.63) is 57.2 Å². The Hall–Kier alpha value is -1.37. The lowest BCUT2D eigenvalue weighted by Gasteiger charge is -2.18. The first-order chi connectivity index (χ1) is 10.8. The van der Waals surface area contributed by atoms with Gasteiger partial charge >= 0.3 is 0 Å². The molecule has 2 aromatic rings. The van der Waals surface area contributed by atoms with Crippen molar-refractivity contribution in [3.8, 4) is 0 Å². The molecule has 1 N–H and O–H groups in total. The third-order valence-electron chi connectivity index (χ3n) is 3.54. The summed E-state index contributed by atoms with van der Waals surface area (Å²) in [5, 5.41) is 1.64. The van der Waals surface area contributed by atoms with Gasteiger partial charge in [0.05, 0.1) is 16.1 Å². The molecule has 4 nitrogen and oxygen atoms in total. The second kappa shape index (κ2) is 7.47. The highest BCUT2D eigenvalue weighted by atomic mass is 35.5. The molecule has 0 aliphatic carbocycles. The molecule has 1 heterocycles. The number of carbonyl (C=O) groups excluding carboxylic acids is 1. The Labute approximate surface area is 145 Å². The van der Waals surface area contributed by atoms with Gasteiger partial charge in [0.15, 0.2) is 9.84 Å². The first-order valence-corrected chi connectivity index (χ1v) is 10.0. The van der Waals surface area contributed by atoms with Crippen LogP contribution in [0.1, 0.15) is 30.3 Å². The average Bonchev–Trinajstić information content (AvgIpc) is 2.91. The van der Waals surface area contributed by atoms with E-state index in [4.69, 9.17) is 11.6 Å². The molecule has 0 fully saturated rings. The summed E-state index contributed by atoms with van der Waals surface area (Å²) in [6.45, 7) is 3.24. The van der Waals surface area contributed by atoms with Gasteiger partial charge in [-0.15, -0.1) is 11.3 Å². The third kappa shape index (κ3) is 4.80. The SMILES string of the molecule is C[C@H](NC(=O)[C@@H](C)S(=O)(=O)Cc1ccc(Cl)s1)c1ccccc1. The van der Waals surface area contributed by atoms with E-state index < -0.39 is 21.0 Å². The zero-order chi connectivity index (χ0) is 17.0. The van der Waals surface area contributed by atoms with Gasteiger partial charge in [0, 0.05) is 4.88 Å². The summed E-state index contributed by atoms with van der Waals surface area (Å²) in [4.78, 5) is 12.9. The lowest BCUT2D eigenvalue weighted by atomic mass is 10.1. The lowest BCUT2D eigenvalue weighted by Crippen LogP contribution is -2.39. The molecule has 0 spiro atoms. The van der Waals surface area contributed by atoms with E-state index in [1.807, 2.05) is 37.3 Å². The van der Waals surface area contributed by atoms with Crippen LogP contribution in [-0.4, -0.2) is 19.6 Å². The van der Waals surface area contributed by atoms with Crippen molar-refractivity contribution in [1.29, 1.82) is 0 Å². The van der Waals surface area contributed by atoms with Crippen LogP contribution < -0.4 is 5.32 Å². The van der Waals surface area contributed by atoms with Crippen molar-refractivity contribution in [1.82, 2.24) is 5.32 Å². The molecular weight excluding hydrogens is 354 g/mol. The maximum Gasteiger partial charge on any atom is 0.238 e. The molecule has 2 rings (SSSR count). The quantitative estimate of drug-likeness (QED) is 0.844. The van der Waals surface area contributed by atoms with Gasteiger partial charge in [-0.3, -0.25) is 4.79 Å². The highest BCUT2D eigenvalue weighted by Gasteiger charge is 2.29. The fourth-order valence-corrected chi connectivity index (χ4v) is 4.82. The molecule has 0 aliphatic heterocycles. The van der Waals surface area contributed by atoms with Crippen LogP contribution in [-0.2, 0) is 20.4 Å². The number of thiophene rings is 1. The Bertz CT molecular complexity index is 772. The molecule has 0 saturated heterocycles. The van der Waals surface area contributed by atoms with Crippen molar-refractivity contribution in [2.45, 2.75) is 30.9 Å². The van der Waals surface area contributed by atoms with E-state index in [2.05, 4.69) is 5.32 Å². The lowest BCUT2D eigenvalue weighted by molar-refractivity contribution is -0.121. The highest BCUT2D eigenvalue weighted by molar-refractivity contribution is 7.92. The molecule has 1 aromatic heterocycles. The minimum atomic E-state index is -3.59. The number of hydrogen-bond donors (Lipinski definition) is 1. The van der Waals surface area contributed by atoms with Gasteiger partial charge in [-0.05, 0) is 31.5 Å². The van der Waals surface area contributed by atoms with Crippen molar-refractivity contribution < 1.29 is 13.2 Å². The van der Waals surface area contributed by atoms with Crippen LogP contribution in [0.2, 0.25) is 4.34 Å². The van der Waals surface area contributed by atoms with Crippen LogP contribution in [0.5, 0.6) is 0 Å². The van der Waals surface area contributed by atoms with Crippen LogP contribution in [0.3, 0.4) is 0 Å². The van der Waals surface area contributed by atoms with E-state index in [0.29, 0.717) is 9.21 Å². The van der Waals surface area contributed by atoms with Gasteiger partial charge < -0.3 is 5.32 Å². The minimum Gasteiger partial charge on any atom is -0.348 e. The zero-order valence-electron chi connectivity index (χ0n) is 12.8. The number of amides is 1. The third-order valence-corrected chi connectivity index (χ3v) is 6.96. The first kappa shape index (κ1) is 18.0. The molecule has 0 aliphatic rings. The number of halogens is 1. The summed E-state index contributed by atoms with van der Waals surface area (Å²) < 4.78 is 25.3. The summed E-state index contributed by atoms with van der Waals surface area (Å²) in [6.07, 6.45) is 0. The van der Waals surface area contributed by atoms with E-state index in [1.165, 1.54) is 18.3 Å². The first-order valence-electron chi connectivity index (χ1n) is 7.10. The van der Waals surface area contributed by atoms with Gasteiger partial charge in [0.1, 0.15) is 5.25 Å². The van der Waals surface area contributed by atoms with Gasteiger partial charge in [-0.25, -0.2) is 8.42 Å². The molecule has 23 heavy (non-hydrogen) atoms. The van der Waals surface area contributed by atoms with E-state index in [0.717, 1.165) is 5.56 Å². The Balaban J connectivity index is 2.03. The van der Waals surface area contributed by atoms with Gasteiger partial charge in [-0.1, -0.05) is 41.9 Å². The smallest absolute Gasteiger partial charge is 0.238 e. The Kier molecular flexibility index (Phi) is 5.84. The fourth-order valence-electron chi connectivity index (χ4n) is 2.07.